The Bertz CT molecular complexity index is 972. The molecular weight excluding hydrogens is 386 g/mol. The number of anilines is 3. The van der Waals surface area contributed by atoms with E-state index in [4.69, 9.17) is 5.11 Å². The molecule has 9 nitrogen and oxygen atoms in total. The summed E-state index contributed by atoms with van der Waals surface area (Å²) in [4.78, 5) is 30.8. The van der Waals surface area contributed by atoms with Gasteiger partial charge in [0.25, 0.3) is 0 Å². The van der Waals surface area contributed by atoms with Crippen LogP contribution in [-0.4, -0.2) is 31.5 Å². The largest absolute Gasteiger partial charge is 0.478 e. The summed E-state index contributed by atoms with van der Waals surface area (Å²) in [6, 6.07) is 5.99. The minimum Gasteiger partial charge on any atom is -0.478 e. The molecule has 0 unspecified atom stereocenters. The van der Waals surface area contributed by atoms with Gasteiger partial charge in [-0.15, -0.1) is 0 Å². The van der Waals surface area contributed by atoms with E-state index in [0.29, 0.717) is 23.4 Å². The van der Waals surface area contributed by atoms with Crippen molar-refractivity contribution in [3.63, 3.8) is 0 Å². The zero-order chi connectivity index (χ0) is 20.9. The zero-order valence-corrected chi connectivity index (χ0v) is 16.4. The van der Waals surface area contributed by atoms with Gasteiger partial charge in [0.15, 0.2) is 0 Å². The molecule has 0 spiro atoms. The van der Waals surface area contributed by atoms with Crippen LogP contribution in [0.3, 0.4) is 0 Å². The van der Waals surface area contributed by atoms with E-state index in [1.165, 1.54) is 37.7 Å². The second-order valence-electron chi connectivity index (χ2n) is 9.01. The molecule has 156 valence electrons. The fraction of sp³-hybridized carbons (Fsp3) is 0.476. The van der Waals surface area contributed by atoms with Crippen LogP contribution in [0.25, 0.3) is 0 Å². The summed E-state index contributed by atoms with van der Waals surface area (Å²) >= 11 is 0. The highest BCUT2D eigenvalue weighted by Gasteiger charge is 2.51. The lowest BCUT2D eigenvalue weighted by atomic mass is 9.53. The molecule has 4 bridgehead atoms. The van der Waals surface area contributed by atoms with Gasteiger partial charge < -0.3 is 15.7 Å². The Labute approximate surface area is 173 Å². The first-order valence-corrected chi connectivity index (χ1v) is 10.3. The molecule has 0 aliphatic heterocycles. The van der Waals surface area contributed by atoms with Gasteiger partial charge in [-0.05, 0) is 80.5 Å². The zero-order valence-electron chi connectivity index (χ0n) is 16.4. The minimum absolute atomic E-state index is 0.0882. The van der Waals surface area contributed by atoms with Crippen molar-refractivity contribution in [2.45, 2.75) is 44.1 Å². The SMILES string of the molecule is O=C(O)c1ccc(Nc2ncnc(NC34CC5CC(CC(C5)C3)C4)c2[N+](=O)[O-])cc1. The van der Waals surface area contributed by atoms with Crippen molar-refractivity contribution in [2.24, 2.45) is 17.8 Å². The number of carbonyl (C=O) groups is 1. The number of nitrogens with one attached hydrogen (secondary N) is 2. The summed E-state index contributed by atoms with van der Waals surface area (Å²) < 4.78 is 0. The summed E-state index contributed by atoms with van der Waals surface area (Å²) in [5.74, 6) is 1.42. The Hall–Kier alpha value is -3.23. The third kappa shape index (κ3) is 3.34. The number of carboxylic acid groups (broad SMARTS) is 1. The monoisotopic (exact) mass is 409 g/mol. The van der Waals surface area contributed by atoms with Crippen molar-refractivity contribution in [1.82, 2.24) is 9.97 Å². The maximum absolute atomic E-state index is 11.9. The molecule has 0 amide bonds. The number of aromatic nitrogens is 2. The Balaban J connectivity index is 1.44. The molecule has 6 rings (SSSR count). The van der Waals surface area contributed by atoms with Crippen molar-refractivity contribution >= 4 is 29.0 Å². The molecule has 1 aromatic heterocycles. The molecule has 0 radical (unpaired) electrons. The van der Waals surface area contributed by atoms with Gasteiger partial charge in [0.05, 0.1) is 10.5 Å². The van der Waals surface area contributed by atoms with Crippen LogP contribution in [0.4, 0.5) is 23.0 Å². The Kier molecular flexibility index (Phi) is 4.34. The predicted molar refractivity (Wildman–Crippen MR) is 110 cm³/mol. The van der Waals surface area contributed by atoms with Gasteiger partial charge >= 0.3 is 11.7 Å². The fourth-order valence-electron chi connectivity index (χ4n) is 6.08. The predicted octanol–water partition coefficient (Wildman–Crippen LogP) is 4.21. The van der Waals surface area contributed by atoms with Crippen molar-refractivity contribution in [1.29, 1.82) is 0 Å². The lowest BCUT2D eigenvalue weighted by Gasteiger charge is -2.57. The second kappa shape index (κ2) is 6.93. The normalized spacial score (nSPS) is 28.9. The van der Waals surface area contributed by atoms with Gasteiger partial charge in [-0.1, -0.05) is 0 Å². The topological polar surface area (TPSA) is 130 Å². The van der Waals surface area contributed by atoms with Gasteiger partial charge in [0.1, 0.15) is 6.33 Å². The smallest absolute Gasteiger partial charge is 0.353 e. The van der Waals surface area contributed by atoms with Gasteiger partial charge in [0, 0.05) is 11.2 Å². The molecule has 1 heterocycles. The van der Waals surface area contributed by atoms with E-state index >= 15 is 0 Å². The maximum Gasteiger partial charge on any atom is 0.353 e. The van der Waals surface area contributed by atoms with Crippen LogP contribution in [0, 0.1) is 27.9 Å². The first kappa shape index (κ1) is 18.8. The van der Waals surface area contributed by atoms with Gasteiger partial charge in [-0.3, -0.25) is 10.1 Å². The highest BCUT2D eigenvalue weighted by Crippen LogP contribution is 2.57. The quantitative estimate of drug-likeness (QED) is 0.478. The van der Waals surface area contributed by atoms with Crippen molar-refractivity contribution < 1.29 is 14.8 Å². The molecule has 0 saturated heterocycles. The van der Waals surface area contributed by atoms with Crippen LogP contribution in [0.1, 0.15) is 48.9 Å². The number of carboxylic acids is 1. The Morgan fingerprint density at radius 1 is 1.03 bits per heavy atom. The number of aromatic carboxylic acids is 1. The molecule has 1 aromatic carbocycles. The van der Waals surface area contributed by atoms with E-state index in [0.717, 1.165) is 19.3 Å². The first-order chi connectivity index (χ1) is 14.4. The molecule has 30 heavy (non-hydrogen) atoms. The van der Waals surface area contributed by atoms with Crippen molar-refractivity contribution in [2.75, 3.05) is 10.6 Å². The molecule has 0 atom stereocenters. The van der Waals surface area contributed by atoms with E-state index in [2.05, 4.69) is 20.6 Å². The molecule has 4 fully saturated rings. The van der Waals surface area contributed by atoms with Gasteiger partial charge in [0.2, 0.25) is 11.6 Å². The van der Waals surface area contributed by atoms with E-state index in [1.807, 2.05) is 0 Å². The maximum atomic E-state index is 11.9. The fourth-order valence-corrected chi connectivity index (χ4v) is 6.08. The molecule has 2 aromatic rings. The number of benzene rings is 1. The van der Waals surface area contributed by atoms with Crippen LogP contribution in [0.5, 0.6) is 0 Å². The molecule has 4 aliphatic carbocycles. The minimum atomic E-state index is -1.03. The Morgan fingerprint density at radius 3 is 2.13 bits per heavy atom. The van der Waals surface area contributed by atoms with Gasteiger partial charge in [-0.2, -0.15) is 0 Å². The van der Waals surface area contributed by atoms with E-state index in [9.17, 15) is 14.9 Å². The van der Waals surface area contributed by atoms with E-state index in [1.54, 1.807) is 12.1 Å². The standard InChI is InChI=1S/C21H23N5O4/c27-20(28)15-1-3-16(4-2-15)24-18-17(26(29)30)19(23-11-22-18)25-21-8-12-5-13(9-21)7-14(6-12)10-21/h1-4,11-14H,5-10H2,(H,27,28)(H2,22,23,24,25). The Morgan fingerprint density at radius 2 is 1.60 bits per heavy atom. The number of rotatable bonds is 6. The molecule has 4 saturated carbocycles. The van der Waals surface area contributed by atoms with E-state index < -0.39 is 10.9 Å². The van der Waals surface area contributed by atoms with Crippen LogP contribution < -0.4 is 10.6 Å². The van der Waals surface area contributed by atoms with Crippen LogP contribution in [-0.2, 0) is 0 Å². The molecule has 4 aliphatic rings. The summed E-state index contributed by atoms with van der Waals surface area (Å²) in [7, 11) is 0. The van der Waals surface area contributed by atoms with Gasteiger partial charge in [-0.25, -0.2) is 14.8 Å². The number of nitro groups is 1. The number of nitrogens with zero attached hydrogens (tertiary/aromatic N) is 3. The number of hydrogen-bond acceptors (Lipinski definition) is 7. The number of hydrogen-bond donors (Lipinski definition) is 3. The third-order valence-corrected chi connectivity index (χ3v) is 6.82. The molecular formula is C21H23N5O4. The molecule has 9 heteroatoms. The van der Waals surface area contributed by atoms with Crippen LogP contribution >= 0.6 is 0 Å². The summed E-state index contributed by atoms with van der Waals surface area (Å²) in [5.41, 5.74) is 0.355. The van der Waals surface area contributed by atoms with Crippen LogP contribution in [0.2, 0.25) is 0 Å². The molecule has 3 N–H and O–H groups in total. The van der Waals surface area contributed by atoms with E-state index in [-0.39, 0.29) is 28.4 Å². The highest BCUT2D eigenvalue weighted by atomic mass is 16.6. The summed E-state index contributed by atoms with van der Waals surface area (Å²) in [6.45, 7) is 0. The second-order valence-corrected chi connectivity index (χ2v) is 9.01. The summed E-state index contributed by atoms with van der Waals surface area (Å²) in [5, 5.41) is 27.4. The highest BCUT2D eigenvalue weighted by molar-refractivity contribution is 5.88. The summed E-state index contributed by atoms with van der Waals surface area (Å²) in [6.07, 6.45) is 8.30. The average Bonchev–Trinajstić information content (AvgIpc) is 2.67. The average molecular weight is 409 g/mol. The van der Waals surface area contributed by atoms with Crippen molar-refractivity contribution in [3.05, 3.63) is 46.3 Å². The lowest BCUT2D eigenvalue weighted by Crippen LogP contribution is -2.55. The lowest BCUT2D eigenvalue weighted by molar-refractivity contribution is -0.383. The first-order valence-electron chi connectivity index (χ1n) is 10.3. The third-order valence-electron chi connectivity index (χ3n) is 6.82. The van der Waals surface area contributed by atoms with Crippen LogP contribution in [0.15, 0.2) is 30.6 Å². The van der Waals surface area contributed by atoms with Crippen molar-refractivity contribution in [3.8, 4) is 0 Å².